The molecule has 0 radical (unpaired) electrons. The van der Waals surface area contributed by atoms with Crippen LogP contribution < -0.4 is 15.4 Å². The molecule has 0 bridgehead atoms. The number of amides is 4. The molecule has 2 aromatic rings. The van der Waals surface area contributed by atoms with E-state index in [0.717, 1.165) is 21.6 Å². The maximum Gasteiger partial charge on any atom is 0.408 e. The molecule has 4 amide bonds. The maximum atomic E-state index is 14.6. The third-order valence-corrected chi connectivity index (χ3v) is 13.9. The van der Waals surface area contributed by atoms with E-state index in [1.807, 2.05) is 30.3 Å². The van der Waals surface area contributed by atoms with Gasteiger partial charge in [-0.1, -0.05) is 63.2 Å². The lowest BCUT2D eigenvalue weighted by molar-refractivity contribution is -0.143. The molecule has 294 valence electrons. The number of carbonyl (C=O) groups excluding carboxylic acids is 4. The van der Waals surface area contributed by atoms with Crippen LogP contribution in [0.5, 0.6) is 0 Å². The van der Waals surface area contributed by atoms with E-state index in [0.29, 0.717) is 18.7 Å². The third-order valence-electron chi connectivity index (χ3n) is 10.7. The molecular formula is C40H49N5O8S2. The van der Waals surface area contributed by atoms with Crippen molar-refractivity contribution in [2.24, 2.45) is 16.3 Å². The standard InChI is InChI=1S/C40H49N5O8S2/c1-8-22-20-40(22,36(48)44-55(50,51)24-17-18-24)43-33(46)28-19-23(21-45(28)35(47)32(38(2,3)4)42-37(49)53-39(5,6)7)52-34-26-14-10-9-13-25(26)31-30(41-34)27-15-11-12-16-29(27)54-31/h8-16,22-24,28,30-32H,1,17-21H2,2-7H3,(H,42,49)(H,43,46)(H,44,48). The van der Waals surface area contributed by atoms with Crippen molar-refractivity contribution in [3.05, 3.63) is 77.9 Å². The number of carbonyl (C=O) groups is 4. The molecule has 55 heavy (non-hydrogen) atoms. The molecule has 0 spiro atoms. The van der Waals surface area contributed by atoms with Gasteiger partial charge in [0.25, 0.3) is 5.91 Å². The lowest BCUT2D eigenvalue weighted by atomic mass is 9.85. The van der Waals surface area contributed by atoms with Gasteiger partial charge in [0, 0.05) is 22.8 Å². The smallest absolute Gasteiger partial charge is 0.408 e. The zero-order valence-electron chi connectivity index (χ0n) is 32.0. The number of alkyl carbamates (subject to hydrolysis) is 1. The molecule has 13 nitrogen and oxygen atoms in total. The number of thioether (sulfide) groups is 1. The number of fused-ring (bicyclic) bond motifs is 5. The van der Waals surface area contributed by atoms with Gasteiger partial charge in [0.15, 0.2) is 0 Å². The Morgan fingerprint density at radius 2 is 1.69 bits per heavy atom. The molecule has 15 heteroatoms. The number of hydrogen-bond acceptors (Lipinski definition) is 10. The number of benzene rings is 2. The summed E-state index contributed by atoms with van der Waals surface area (Å²) >= 11 is 1.76. The number of rotatable bonds is 9. The summed E-state index contributed by atoms with van der Waals surface area (Å²) in [5, 5.41) is 4.99. The maximum absolute atomic E-state index is 14.6. The van der Waals surface area contributed by atoms with Gasteiger partial charge < -0.3 is 25.0 Å². The minimum atomic E-state index is -3.90. The second-order valence-corrected chi connectivity index (χ2v) is 20.3. The Bertz CT molecular complexity index is 2070. The van der Waals surface area contributed by atoms with Crippen LogP contribution in [0.1, 0.15) is 95.2 Å². The lowest BCUT2D eigenvalue weighted by Gasteiger charge is -2.36. The number of aliphatic imine (C=N–C) groups is 1. The highest BCUT2D eigenvalue weighted by Gasteiger charge is 2.62. The van der Waals surface area contributed by atoms with Crippen LogP contribution in [0.25, 0.3) is 0 Å². The normalized spacial score (nSPS) is 27.3. The molecule has 7 rings (SSSR count). The van der Waals surface area contributed by atoms with Crippen molar-refractivity contribution in [1.82, 2.24) is 20.3 Å². The van der Waals surface area contributed by atoms with Crippen molar-refractivity contribution in [3.8, 4) is 0 Å². The van der Waals surface area contributed by atoms with E-state index in [9.17, 15) is 27.6 Å². The molecule has 0 aromatic heterocycles. The van der Waals surface area contributed by atoms with Gasteiger partial charge >= 0.3 is 6.09 Å². The molecule has 7 unspecified atom stereocenters. The van der Waals surface area contributed by atoms with Crippen LogP contribution in [0.3, 0.4) is 0 Å². The molecule has 7 atom stereocenters. The van der Waals surface area contributed by atoms with E-state index in [1.165, 1.54) is 11.0 Å². The molecule has 1 saturated heterocycles. The largest absolute Gasteiger partial charge is 0.472 e. The molecular weight excluding hydrogens is 743 g/mol. The first-order chi connectivity index (χ1) is 25.8. The lowest BCUT2D eigenvalue weighted by Crippen LogP contribution is -2.60. The first-order valence-corrected chi connectivity index (χ1v) is 21.1. The Hall–Kier alpha value is -4.37. The quantitative estimate of drug-likeness (QED) is 0.298. The van der Waals surface area contributed by atoms with E-state index in [4.69, 9.17) is 14.5 Å². The van der Waals surface area contributed by atoms with Crippen LogP contribution in [-0.4, -0.2) is 84.2 Å². The summed E-state index contributed by atoms with van der Waals surface area (Å²) in [4.78, 5) is 63.3. The number of sulfonamides is 1. The average molecular weight is 792 g/mol. The monoisotopic (exact) mass is 791 g/mol. The molecule has 2 saturated carbocycles. The number of nitrogens with one attached hydrogen (secondary N) is 3. The Morgan fingerprint density at radius 1 is 1.02 bits per heavy atom. The van der Waals surface area contributed by atoms with E-state index < -0.39 is 79.7 Å². The van der Waals surface area contributed by atoms with Crippen LogP contribution in [0.15, 0.2) is 71.1 Å². The molecule has 5 aliphatic rings. The van der Waals surface area contributed by atoms with E-state index in [1.54, 1.807) is 53.3 Å². The number of nitrogens with zero attached hydrogens (tertiary/aromatic N) is 2. The fraction of sp³-hybridized carbons (Fsp3) is 0.525. The molecule has 3 N–H and O–H groups in total. The van der Waals surface area contributed by atoms with Gasteiger partial charge in [0.05, 0.1) is 23.1 Å². The summed E-state index contributed by atoms with van der Waals surface area (Å²) in [6.07, 6.45) is 1.13. The van der Waals surface area contributed by atoms with Crippen LogP contribution in [0, 0.1) is 11.3 Å². The summed E-state index contributed by atoms with van der Waals surface area (Å²) in [5.74, 6) is -2.14. The second kappa shape index (κ2) is 14.0. The van der Waals surface area contributed by atoms with Gasteiger partial charge in [-0.25, -0.2) is 18.2 Å². The Morgan fingerprint density at radius 3 is 2.33 bits per heavy atom. The number of likely N-dealkylation sites (tertiary alicyclic amines) is 1. The third kappa shape index (κ3) is 7.74. The van der Waals surface area contributed by atoms with Crippen LogP contribution in [0.4, 0.5) is 4.79 Å². The van der Waals surface area contributed by atoms with E-state index in [-0.39, 0.29) is 30.7 Å². The SMILES string of the molecule is C=CC1CC1(NC(=O)C1CC(OC2=NC3c4ccccc4SC3c3ccccc32)CN1C(=O)C(NC(=O)OC(C)(C)C)C(C)(C)C)C(=O)NS(=O)(=O)C1CC1. The zero-order valence-corrected chi connectivity index (χ0v) is 33.6. The predicted molar refractivity (Wildman–Crippen MR) is 208 cm³/mol. The zero-order chi connectivity index (χ0) is 39.7. The fourth-order valence-corrected chi connectivity index (χ4v) is 10.4. The summed E-state index contributed by atoms with van der Waals surface area (Å²) in [7, 11) is -3.90. The summed E-state index contributed by atoms with van der Waals surface area (Å²) in [6, 6.07) is 13.6. The van der Waals surface area contributed by atoms with Crippen LogP contribution >= 0.6 is 11.8 Å². The van der Waals surface area contributed by atoms with Gasteiger partial charge in [-0.05, 0) is 68.7 Å². The Kier molecular flexibility index (Phi) is 9.88. The van der Waals surface area contributed by atoms with Gasteiger partial charge in [-0.2, -0.15) is 0 Å². The fourth-order valence-electron chi connectivity index (χ4n) is 7.59. The summed E-state index contributed by atoms with van der Waals surface area (Å²) in [6.45, 7) is 14.3. The average Bonchev–Trinajstić information content (AvgIpc) is 4.01. The number of hydrogen-bond donors (Lipinski definition) is 3. The van der Waals surface area contributed by atoms with Crippen molar-refractivity contribution in [2.75, 3.05) is 6.54 Å². The van der Waals surface area contributed by atoms with Crippen molar-refractivity contribution in [2.45, 2.75) is 118 Å². The highest BCUT2D eigenvalue weighted by Crippen LogP contribution is 2.57. The topological polar surface area (TPSA) is 173 Å². The van der Waals surface area contributed by atoms with Gasteiger partial charge in [0.2, 0.25) is 27.7 Å². The van der Waals surface area contributed by atoms with Crippen molar-refractivity contribution in [1.29, 1.82) is 0 Å². The second-order valence-electron chi connectivity index (χ2n) is 17.2. The van der Waals surface area contributed by atoms with Crippen molar-refractivity contribution < 1.29 is 37.1 Å². The van der Waals surface area contributed by atoms with Gasteiger partial charge in [-0.3, -0.25) is 19.1 Å². The Balaban J connectivity index is 1.19. The molecule has 3 fully saturated rings. The summed E-state index contributed by atoms with van der Waals surface area (Å²) < 4.78 is 39.9. The molecule has 3 aliphatic heterocycles. The van der Waals surface area contributed by atoms with Crippen LogP contribution in [0.2, 0.25) is 0 Å². The van der Waals surface area contributed by atoms with Crippen LogP contribution in [-0.2, 0) is 33.9 Å². The number of ether oxygens (including phenoxy) is 2. The highest BCUT2D eigenvalue weighted by molar-refractivity contribution is 8.00. The van der Waals surface area contributed by atoms with Gasteiger partial charge in [-0.15, -0.1) is 18.3 Å². The van der Waals surface area contributed by atoms with E-state index >= 15 is 0 Å². The van der Waals surface area contributed by atoms with E-state index in [2.05, 4.69) is 40.1 Å². The minimum absolute atomic E-state index is 0.0275. The van der Waals surface area contributed by atoms with Gasteiger partial charge in [0.1, 0.15) is 29.3 Å². The van der Waals surface area contributed by atoms with Crippen molar-refractivity contribution >= 4 is 51.5 Å². The first kappa shape index (κ1) is 38.9. The summed E-state index contributed by atoms with van der Waals surface area (Å²) in [5.41, 5.74) is -0.192. The first-order valence-electron chi connectivity index (χ1n) is 18.7. The van der Waals surface area contributed by atoms with Crippen molar-refractivity contribution in [3.63, 3.8) is 0 Å². The Labute approximate surface area is 326 Å². The molecule has 2 aliphatic carbocycles. The molecule has 3 heterocycles. The molecule has 2 aromatic carbocycles. The highest BCUT2D eigenvalue weighted by atomic mass is 32.2. The predicted octanol–water partition coefficient (Wildman–Crippen LogP) is 4.93. The minimum Gasteiger partial charge on any atom is -0.472 e.